The van der Waals surface area contributed by atoms with Gasteiger partial charge in [-0.2, -0.15) is 0 Å². The van der Waals surface area contributed by atoms with Crippen LogP contribution in [-0.4, -0.2) is 10.9 Å². The smallest absolute Gasteiger partial charge is 0.134 e. The second kappa shape index (κ2) is 4.52. The molecule has 1 N–H and O–H groups in total. The number of hydrogen-bond acceptors (Lipinski definition) is 2. The lowest BCUT2D eigenvalue weighted by Crippen LogP contribution is -2.11. The first-order chi connectivity index (χ1) is 8.02. The molecular formula is C15H20O2. The Balaban J connectivity index is 2.61. The molecule has 0 amide bonds. The van der Waals surface area contributed by atoms with Gasteiger partial charge in [-0.15, -0.1) is 0 Å². The third-order valence-electron chi connectivity index (χ3n) is 3.89. The maximum absolute atomic E-state index is 11.3. The van der Waals surface area contributed by atoms with E-state index >= 15 is 0 Å². The number of phenols is 1. The molecule has 0 heterocycles. The van der Waals surface area contributed by atoms with Crippen molar-refractivity contribution in [3.8, 4) is 5.75 Å². The second-order valence-electron chi connectivity index (χ2n) is 5.12. The molecule has 0 fully saturated rings. The molecule has 1 aliphatic carbocycles. The van der Waals surface area contributed by atoms with E-state index in [0.717, 1.165) is 29.5 Å². The summed E-state index contributed by atoms with van der Waals surface area (Å²) in [4.78, 5) is 11.3. The molecule has 1 aromatic rings. The molecule has 0 saturated heterocycles. The molecule has 0 atom stereocenters. The first-order valence-electron chi connectivity index (χ1n) is 6.34. The minimum atomic E-state index is 0.110. The topological polar surface area (TPSA) is 37.3 Å². The second-order valence-corrected chi connectivity index (χ2v) is 5.12. The SMILES string of the molecule is CC(=O)Cc1c(C)c2c(c(C)c1O)CCCC2. The summed E-state index contributed by atoms with van der Waals surface area (Å²) in [6.07, 6.45) is 4.94. The van der Waals surface area contributed by atoms with Crippen molar-refractivity contribution >= 4 is 5.78 Å². The summed E-state index contributed by atoms with van der Waals surface area (Å²) in [5, 5.41) is 10.2. The zero-order valence-corrected chi connectivity index (χ0v) is 10.9. The van der Waals surface area contributed by atoms with Gasteiger partial charge in [-0.1, -0.05) is 0 Å². The van der Waals surface area contributed by atoms with E-state index in [1.165, 1.54) is 24.0 Å². The van der Waals surface area contributed by atoms with Gasteiger partial charge in [-0.25, -0.2) is 0 Å². The maximum atomic E-state index is 11.3. The lowest BCUT2D eigenvalue weighted by atomic mass is 9.82. The maximum Gasteiger partial charge on any atom is 0.134 e. The molecule has 92 valence electrons. The summed E-state index contributed by atoms with van der Waals surface area (Å²) in [6.45, 7) is 5.60. The summed E-state index contributed by atoms with van der Waals surface area (Å²) < 4.78 is 0. The Labute approximate surface area is 103 Å². The van der Waals surface area contributed by atoms with E-state index in [1.54, 1.807) is 6.92 Å². The highest BCUT2D eigenvalue weighted by Crippen LogP contribution is 2.36. The molecule has 0 spiro atoms. The molecular weight excluding hydrogens is 212 g/mol. The number of Topliss-reactive ketones (excluding diaryl/α,β-unsaturated/α-hetero) is 1. The van der Waals surface area contributed by atoms with Gasteiger partial charge < -0.3 is 5.11 Å². The van der Waals surface area contributed by atoms with Crippen molar-refractivity contribution < 1.29 is 9.90 Å². The highest BCUT2D eigenvalue weighted by Gasteiger charge is 2.21. The predicted octanol–water partition coefficient (Wildman–Crippen LogP) is 3.02. The summed E-state index contributed by atoms with van der Waals surface area (Å²) in [6, 6.07) is 0. The first-order valence-corrected chi connectivity index (χ1v) is 6.34. The van der Waals surface area contributed by atoms with E-state index in [-0.39, 0.29) is 5.78 Å². The minimum absolute atomic E-state index is 0.110. The number of carbonyl (C=O) groups excluding carboxylic acids is 1. The number of benzene rings is 1. The number of rotatable bonds is 2. The Hall–Kier alpha value is -1.31. The lowest BCUT2D eigenvalue weighted by molar-refractivity contribution is -0.116. The Morgan fingerprint density at radius 1 is 1.12 bits per heavy atom. The largest absolute Gasteiger partial charge is 0.507 e. The third-order valence-corrected chi connectivity index (χ3v) is 3.89. The number of phenolic OH excluding ortho intramolecular Hbond substituents is 1. The molecule has 2 rings (SSSR count). The molecule has 0 radical (unpaired) electrons. The summed E-state index contributed by atoms with van der Waals surface area (Å²) >= 11 is 0. The highest BCUT2D eigenvalue weighted by molar-refractivity contribution is 5.80. The molecule has 0 aliphatic heterocycles. The Morgan fingerprint density at radius 2 is 1.65 bits per heavy atom. The van der Waals surface area contributed by atoms with Crippen molar-refractivity contribution in [2.24, 2.45) is 0 Å². The quantitative estimate of drug-likeness (QED) is 0.851. The van der Waals surface area contributed by atoms with Crippen molar-refractivity contribution in [3.63, 3.8) is 0 Å². The summed E-state index contributed by atoms with van der Waals surface area (Å²) in [5.74, 6) is 0.455. The van der Waals surface area contributed by atoms with Crippen LogP contribution in [0.1, 0.15) is 47.6 Å². The number of fused-ring (bicyclic) bond motifs is 1. The fraction of sp³-hybridized carbons (Fsp3) is 0.533. The zero-order valence-electron chi connectivity index (χ0n) is 10.9. The average Bonchev–Trinajstić information content (AvgIpc) is 2.31. The van der Waals surface area contributed by atoms with E-state index in [4.69, 9.17) is 0 Å². The summed E-state index contributed by atoms with van der Waals surface area (Å²) in [5.41, 5.74) is 5.66. The van der Waals surface area contributed by atoms with Crippen LogP contribution in [0.3, 0.4) is 0 Å². The molecule has 2 nitrogen and oxygen atoms in total. The monoisotopic (exact) mass is 232 g/mol. The molecule has 17 heavy (non-hydrogen) atoms. The van der Waals surface area contributed by atoms with Crippen LogP contribution in [0.15, 0.2) is 0 Å². The van der Waals surface area contributed by atoms with Crippen molar-refractivity contribution in [2.75, 3.05) is 0 Å². The van der Waals surface area contributed by atoms with E-state index < -0.39 is 0 Å². The average molecular weight is 232 g/mol. The zero-order chi connectivity index (χ0) is 12.6. The van der Waals surface area contributed by atoms with Crippen molar-refractivity contribution in [1.82, 2.24) is 0 Å². The van der Waals surface area contributed by atoms with Crippen LogP contribution in [0.5, 0.6) is 5.75 Å². The van der Waals surface area contributed by atoms with E-state index in [2.05, 4.69) is 0 Å². The van der Waals surface area contributed by atoms with Gasteiger partial charge in [0.25, 0.3) is 0 Å². The van der Waals surface area contributed by atoms with Crippen LogP contribution in [0.4, 0.5) is 0 Å². The van der Waals surface area contributed by atoms with E-state index in [1.807, 2.05) is 13.8 Å². The predicted molar refractivity (Wildman–Crippen MR) is 68.6 cm³/mol. The molecule has 0 unspecified atom stereocenters. The number of hydrogen-bond donors (Lipinski definition) is 1. The molecule has 0 aromatic heterocycles. The number of aromatic hydroxyl groups is 1. The van der Waals surface area contributed by atoms with Crippen LogP contribution in [-0.2, 0) is 24.1 Å². The molecule has 0 saturated carbocycles. The Bertz CT molecular complexity index is 473. The van der Waals surface area contributed by atoms with Gasteiger partial charge in [0.2, 0.25) is 0 Å². The van der Waals surface area contributed by atoms with Crippen LogP contribution in [0.2, 0.25) is 0 Å². The van der Waals surface area contributed by atoms with Crippen LogP contribution in [0, 0.1) is 13.8 Å². The Morgan fingerprint density at radius 3 is 2.18 bits per heavy atom. The Kier molecular flexibility index (Phi) is 3.23. The molecule has 1 aliphatic rings. The summed E-state index contributed by atoms with van der Waals surface area (Å²) in [7, 11) is 0. The number of carbonyl (C=O) groups is 1. The van der Waals surface area contributed by atoms with Crippen LogP contribution >= 0.6 is 0 Å². The highest BCUT2D eigenvalue weighted by atomic mass is 16.3. The molecule has 1 aromatic carbocycles. The first kappa shape index (κ1) is 12.2. The van der Waals surface area contributed by atoms with E-state index in [0.29, 0.717) is 12.2 Å². The fourth-order valence-corrected chi connectivity index (χ4v) is 2.93. The lowest BCUT2D eigenvalue weighted by Gasteiger charge is -2.24. The van der Waals surface area contributed by atoms with Gasteiger partial charge in [0.1, 0.15) is 11.5 Å². The minimum Gasteiger partial charge on any atom is -0.507 e. The van der Waals surface area contributed by atoms with Gasteiger partial charge in [0.05, 0.1) is 0 Å². The standard InChI is InChI=1S/C15H20O2/c1-9(16)8-14-10(2)12-6-4-5-7-13(12)11(3)15(14)17/h17H,4-8H2,1-3H3. The van der Waals surface area contributed by atoms with Crippen molar-refractivity contribution in [1.29, 1.82) is 0 Å². The fourth-order valence-electron chi connectivity index (χ4n) is 2.93. The normalized spacial score (nSPS) is 14.5. The molecule has 2 heteroatoms. The van der Waals surface area contributed by atoms with E-state index in [9.17, 15) is 9.90 Å². The van der Waals surface area contributed by atoms with Gasteiger partial charge in [0, 0.05) is 12.0 Å². The third kappa shape index (κ3) is 2.08. The number of ketones is 1. The van der Waals surface area contributed by atoms with Crippen LogP contribution < -0.4 is 0 Å². The van der Waals surface area contributed by atoms with Gasteiger partial charge in [0.15, 0.2) is 0 Å². The molecule has 0 bridgehead atoms. The van der Waals surface area contributed by atoms with Crippen LogP contribution in [0.25, 0.3) is 0 Å². The van der Waals surface area contributed by atoms with Gasteiger partial charge in [-0.3, -0.25) is 4.79 Å². The van der Waals surface area contributed by atoms with Gasteiger partial charge >= 0.3 is 0 Å². The van der Waals surface area contributed by atoms with Crippen molar-refractivity contribution in [3.05, 3.63) is 27.8 Å². The van der Waals surface area contributed by atoms with Gasteiger partial charge in [-0.05, 0) is 68.7 Å². The van der Waals surface area contributed by atoms with Crippen molar-refractivity contribution in [2.45, 2.75) is 52.9 Å².